The van der Waals surface area contributed by atoms with E-state index in [-0.39, 0.29) is 0 Å². The Bertz CT molecular complexity index is 361. The van der Waals surface area contributed by atoms with E-state index in [0.29, 0.717) is 6.54 Å². The van der Waals surface area contributed by atoms with Crippen LogP contribution in [0.15, 0.2) is 18.2 Å². The van der Waals surface area contributed by atoms with Crippen molar-refractivity contribution in [3.05, 3.63) is 34.9 Å². The number of likely N-dealkylation sites (N-methyl/N-ethyl adjacent to an activating group) is 1. The van der Waals surface area contributed by atoms with Gasteiger partial charge in [-0.1, -0.05) is 18.2 Å². The van der Waals surface area contributed by atoms with Crippen LogP contribution >= 0.6 is 0 Å². The lowest BCUT2D eigenvalue weighted by atomic mass is 10.0. The van der Waals surface area contributed by atoms with E-state index in [9.17, 15) is 5.11 Å². The molecule has 0 radical (unpaired) electrons. The van der Waals surface area contributed by atoms with E-state index in [1.54, 1.807) is 0 Å². The van der Waals surface area contributed by atoms with Crippen LogP contribution in [-0.4, -0.2) is 49.6 Å². The molecule has 1 unspecified atom stereocenters. The third kappa shape index (κ3) is 4.46. The Morgan fingerprint density at radius 3 is 2.29 bits per heavy atom. The van der Waals surface area contributed by atoms with E-state index < -0.39 is 6.10 Å². The molecule has 1 rings (SSSR count). The van der Waals surface area contributed by atoms with Gasteiger partial charge in [-0.2, -0.15) is 0 Å². The Morgan fingerprint density at radius 1 is 1.12 bits per heavy atom. The van der Waals surface area contributed by atoms with Crippen LogP contribution in [0.1, 0.15) is 22.8 Å². The van der Waals surface area contributed by atoms with Crippen molar-refractivity contribution >= 4 is 0 Å². The summed E-state index contributed by atoms with van der Waals surface area (Å²) in [4.78, 5) is 4.14. The fourth-order valence-corrected chi connectivity index (χ4v) is 1.86. The van der Waals surface area contributed by atoms with E-state index in [0.717, 1.165) is 12.1 Å². The molecule has 0 aliphatic rings. The molecule has 0 saturated carbocycles. The van der Waals surface area contributed by atoms with Gasteiger partial charge in [-0.05, 0) is 51.8 Å². The number of nitrogens with zero attached hydrogens (tertiary/aromatic N) is 2. The molecule has 0 fully saturated rings. The molecule has 0 aliphatic carbocycles. The van der Waals surface area contributed by atoms with Crippen LogP contribution in [0.5, 0.6) is 0 Å². The van der Waals surface area contributed by atoms with Crippen LogP contribution in [0.2, 0.25) is 0 Å². The number of aliphatic hydroxyl groups excluding tert-OH is 1. The van der Waals surface area contributed by atoms with Gasteiger partial charge < -0.3 is 14.9 Å². The summed E-state index contributed by atoms with van der Waals surface area (Å²) in [5, 5.41) is 10.1. The predicted molar refractivity (Wildman–Crippen MR) is 72.1 cm³/mol. The number of aryl methyl sites for hydroxylation is 1. The first-order chi connectivity index (χ1) is 7.90. The minimum Gasteiger partial charge on any atom is -0.387 e. The maximum Gasteiger partial charge on any atom is 0.0916 e. The van der Waals surface area contributed by atoms with Gasteiger partial charge >= 0.3 is 0 Å². The van der Waals surface area contributed by atoms with Crippen LogP contribution in [0.25, 0.3) is 0 Å². The van der Waals surface area contributed by atoms with Crippen molar-refractivity contribution in [2.24, 2.45) is 0 Å². The smallest absolute Gasteiger partial charge is 0.0916 e. The zero-order chi connectivity index (χ0) is 13.0. The molecule has 0 spiro atoms. The van der Waals surface area contributed by atoms with Crippen molar-refractivity contribution in [1.29, 1.82) is 0 Å². The normalized spacial score (nSPS) is 13.4. The Hall–Kier alpha value is -0.900. The molecule has 96 valence electrons. The second kappa shape index (κ2) is 6.15. The average Bonchev–Trinajstić information content (AvgIpc) is 2.19. The van der Waals surface area contributed by atoms with Crippen molar-refractivity contribution in [3.63, 3.8) is 0 Å². The van der Waals surface area contributed by atoms with Gasteiger partial charge in [-0.25, -0.2) is 0 Å². The fraction of sp³-hybridized carbons (Fsp3) is 0.571. The molecule has 0 heterocycles. The van der Waals surface area contributed by atoms with Crippen molar-refractivity contribution < 1.29 is 5.11 Å². The Kier molecular flexibility index (Phi) is 5.12. The van der Waals surface area contributed by atoms with Gasteiger partial charge in [0.15, 0.2) is 0 Å². The van der Waals surface area contributed by atoms with E-state index in [1.165, 1.54) is 11.1 Å². The van der Waals surface area contributed by atoms with Gasteiger partial charge in [0.25, 0.3) is 0 Å². The molecule has 0 bridgehead atoms. The summed E-state index contributed by atoms with van der Waals surface area (Å²) in [5.41, 5.74) is 3.56. The molecule has 1 aromatic rings. The van der Waals surface area contributed by atoms with Crippen molar-refractivity contribution in [2.75, 3.05) is 34.7 Å². The van der Waals surface area contributed by atoms with E-state index >= 15 is 0 Å². The first kappa shape index (κ1) is 14.2. The van der Waals surface area contributed by atoms with Crippen LogP contribution < -0.4 is 0 Å². The van der Waals surface area contributed by atoms with Crippen LogP contribution in [0.3, 0.4) is 0 Å². The summed E-state index contributed by atoms with van der Waals surface area (Å²) >= 11 is 0. The van der Waals surface area contributed by atoms with E-state index in [4.69, 9.17) is 0 Å². The summed E-state index contributed by atoms with van der Waals surface area (Å²) < 4.78 is 0. The molecular weight excluding hydrogens is 212 g/mol. The van der Waals surface area contributed by atoms with Gasteiger partial charge in [0.1, 0.15) is 0 Å². The highest BCUT2D eigenvalue weighted by molar-refractivity contribution is 5.32. The SMILES string of the molecule is Cc1ccc(C(O)CN(C)C)cc1CN(C)C. The predicted octanol–water partition coefficient (Wildman–Crippen LogP) is 1.65. The largest absolute Gasteiger partial charge is 0.387 e. The standard InChI is InChI=1S/C14H24N2O/c1-11-6-7-12(14(17)10-16(4)5)8-13(11)9-15(2)3/h6-8,14,17H,9-10H2,1-5H3. The third-order valence-electron chi connectivity index (χ3n) is 2.78. The Morgan fingerprint density at radius 2 is 1.76 bits per heavy atom. The Labute approximate surface area is 105 Å². The molecule has 1 aromatic carbocycles. The molecule has 17 heavy (non-hydrogen) atoms. The summed E-state index contributed by atoms with van der Waals surface area (Å²) in [6.45, 7) is 3.68. The van der Waals surface area contributed by atoms with Gasteiger partial charge in [-0.3, -0.25) is 0 Å². The van der Waals surface area contributed by atoms with E-state index in [1.807, 2.05) is 25.1 Å². The lowest BCUT2D eigenvalue weighted by Crippen LogP contribution is -2.20. The van der Waals surface area contributed by atoms with Gasteiger partial charge in [0, 0.05) is 13.1 Å². The number of hydrogen-bond donors (Lipinski definition) is 1. The quantitative estimate of drug-likeness (QED) is 0.842. The van der Waals surface area contributed by atoms with Crippen molar-refractivity contribution in [2.45, 2.75) is 19.6 Å². The molecule has 3 nitrogen and oxygen atoms in total. The highest BCUT2D eigenvalue weighted by Gasteiger charge is 2.10. The maximum absolute atomic E-state index is 10.1. The topological polar surface area (TPSA) is 26.7 Å². The molecule has 0 saturated heterocycles. The second-order valence-corrected chi connectivity index (χ2v) is 5.20. The molecule has 0 aliphatic heterocycles. The monoisotopic (exact) mass is 236 g/mol. The number of benzene rings is 1. The van der Waals surface area contributed by atoms with Gasteiger partial charge in [0.2, 0.25) is 0 Å². The molecule has 0 aromatic heterocycles. The molecular formula is C14H24N2O. The molecule has 0 amide bonds. The fourth-order valence-electron chi connectivity index (χ4n) is 1.86. The first-order valence-electron chi connectivity index (χ1n) is 5.97. The zero-order valence-electron chi connectivity index (χ0n) is 11.6. The van der Waals surface area contributed by atoms with E-state index in [2.05, 4.69) is 38.1 Å². The second-order valence-electron chi connectivity index (χ2n) is 5.20. The lowest BCUT2D eigenvalue weighted by molar-refractivity contribution is 0.138. The minimum absolute atomic E-state index is 0.411. The van der Waals surface area contributed by atoms with Crippen LogP contribution in [0.4, 0.5) is 0 Å². The van der Waals surface area contributed by atoms with Crippen molar-refractivity contribution in [3.8, 4) is 0 Å². The lowest BCUT2D eigenvalue weighted by Gasteiger charge is -2.19. The summed E-state index contributed by atoms with van der Waals surface area (Å²) in [5.74, 6) is 0. The average molecular weight is 236 g/mol. The number of aliphatic hydroxyl groups is 1. The zero-order valence-corrected chi connectivity index (χ0v) is 11.6. The van der Waals surface area contributed by atoms with Gasteiger partial charge in [-0.15, -0.1) is 0 Å². The number of hydrogen-bond acceptors (Lipinski definition) is 3. The first-order valence-corrected chi connectivity index (χ1v) is 5.97. The maximum atomic E-state index is 10.1. The minimum atomic E-state index is -0.411. The highest BCUT2D eigenvalue weighted by Crippen LogP contribution is 2.19. The van der Waals surface area contributed by atoms with Crippen LogP contribution in [-0.2, 0) is 6.54 Å². The molecule has 3 heteroatoms. The molecule has 1 atom stereocenters. The van der Waals surface area contributed by atoms with Gasteiger partial charge in [0.05, 0.1) is 6.10 Å². The Balaban J connectivity index is 2.87. The summed E-state index contributed by atoms with van der Waals surface area (Å²) in [7, 11) is 8.06. The van der Waals surface area contributed by atoms with Crippen LogP contribution in [0, 0.1) is 6.92 Å². The summed E-state index contributed by atoms with van der Waals surface area (Å²) in [6, 6.07) is 6.22. The number of rotatable bonds is 5. The van der Waals surface area contributed by atoms with Crippen molar-refractivity contribution in [1.82, 2.24) is 9.80 Å². The molecule has 1 N–H and O–H groups in total. The highest BCUT2D eigenvalue weighted by atomic mass is 16.3. The summed E-state index contributed by atoms with van der Waals surface area (Å²) in [6.07, 6.45) is -0.411. The third-order valence-corrected chi connectivity index (χ3v) is 2.78.